The topological polar surface area (TPSA) is 37.8 Å². The zero-order chi connectivity index (χ0) is 11.8. The number of halogens is 1. The predicted octanol–water partition coefficient (Wildman–Crippen LogP) is 2.15. The molecule has 0 saturated carbocycles. The van der Waals surface area contributed by atoms with Gasteiger partial charge in [-0.2, -0.15) is 0 Å². The van der Waals surface area contributed by atoms with E-state index in [-0.39, 0.29) is 5.82 Å². The van der Waals surface area contributed by atoms with Crippen molar-refractivity contribution in [2.45, 2.75) is 19.3 Å². The highest BCUT2D eigenvalue weighted by atomic mass is 19.1. The predicted molar refractivity (Wildman–Crippen MR) is 64.5 cm³/mol. The van der Waals surface area contributed by atoms with Crippen LogP contribution in [0.5, 0.6) is 0 Å². The number of fused-ring (bicyclic) bond motifs is 1. The molecule has 4 heteroatoms. The maximum atomic E-state index is 13.2. The molecule has 2 heterocycles. The Hall–Kier alpha value is -1.55. The summed E-state index contributed by atoms with van der Waals surface area (Å²) in [5.41, 5.74) is 1.64. The van der Waals surface area contributed by atoms with E-state index in [1.165, 1.54) is 12.1 Å². The van der Waals surface area contributed by atoms with Crippen molar-refractivity contribution in [3.63, 3.8) is 0 Å². The minimum absolute atomic E-state index is 0.244. The summed E-state index contributed by atoms with van der Waals surface area (Å²) >= 11 is 0. The fourth-order valence-corrected chi connectivity index (χ4v) is 2.34. The smallest absolute Gasteiger partial charge is 0.133 e. The van der Waals surface area contributed by atoms with E-state index >= 15 is 0 Å². The molecule has 1 aliphatic rings. The van der Waals surface area contributed by atoms with Crippen LogP contribution >= 0.6 is 0 Å². The van der Waals surface area contributed by atoms with Gasteiger partial charge in [0.15, 0.2) is 0 Å². The Labute approximate surface area is 99.1 Å². The molecule has 1 fully saturated rings. The second kappa shape index (κ2) is 4.04. The molecule has 17 heavy (non-hydrogen) atoms. The van der Waals surface area contributed by atoms with Crippen LogP contribution in [-0.2, 0) is 0 Å². The van der Waals surface area contributed by atoms with Crippen LogP contribution in [0.1, 0.15) is 23.9 Å². The average Bonchev–Trinajstić information content (AvgIpc) is 2.81. The number of nitrogens with zero attached hydrogens (tertiary/aromatic N) is 2. The first-order valence-electron chi connectivity index (χ1n) is 5.88. The van der Waals surface area contributed by atoms with Crippen molar-refractivity contribution in [2.75, 3.05) is 13.1 Å². The van der Waals surface area contributed by atoms with Gasteiger partial charge >= 0.3 is 0 Å². The van der Waals surface area contributed by atoms with Crippen molar-refractivity contribution < 1.29 is 4.39 Å². The molecule has 1 aliphatic heterocycles. The number of hydrogen-bond acceptors (Lipinski definition) is 3. The van der Waals surface area contributed by atoms with Crippen molar-refractivity contribution >= 4 is 10.9 Å². The lowest BCUT2D eigenvalue weighted by Crippen LogP contribution is -2.11. The summed E-state index contributed by atoms with van der Waals surface area (Å²) in [7, 11) is 0. The first kappa shape index (κ1) is 10.6. The Morgan fingerprint density at radius 2 is 2.24 bits per heavy atom. The fourth-order valence-electron chi connectivity index (χ4n) is 2.34. The van der Waals surface area contributed by atoms with Gasteiger partial charge < -0.3 is 5.32 Å². The van der Waals surface area contributed by atoms with Crippen molar-refractivity contribution in [2.24, 2.45) is 0 Å². The lowest BCUT2D eigenvalue weighted by atomic mass is 10.1. The summed E-state index contributed by atoms with van der Waals surface area (Å²) in [5, 5.41) is 4.23. The number of benzene rings is 1. The summed E-state index contributed by atoms with van der Waals surface area (Å²) in [6.45, 7) is 3.88. The molecule has 2 aromatic rings. The van der Waals surface area contributed by atoms with E-state index in [1.54, 1.807) is 6.07 Å². The highest BCUT2D eigenvalue weighted by Crippen LogP contribution is 2.23. The van der Waals surface area contributed by atoms with Crippen LogP contribution in [0.3, 0.4) is 0 Å². The monoisotopic (exact) mass is 231 g/mol. The SMILES string of the molecule is Cc1nc(C2CCNC2)nc2cc(F)ccc12. The molecule has 0 bridgehead atoms. The molecule has 0 aliphatic carbocycles. The van der Waals surface area contributed by atoms with Gasteiger partial charge in [-0.3, -0.25) is 0 Å². The van der Waals surface area contributed by atoms with Gasteiger partial charge in [-0.25, -0.2) is 14.4 Å². The zero-order valence-corrected chi connectivity index (χ0v) is 9.70. The Bertz CT molecular complexity index is 562. The molecular formula is C13H14FN3. The van der Waals surface area contributed by atoms with Crippen LogP contribution in [0.4, 0.5) is 4.39 Å². The zero-order valence-electron chi connectivity index (χ0n) is 9.70. The van der Waals surface area contributed by atoms with Crippen molar-refractivity contribution in [3.05, 3.63) is 35.5 Å². The van der Waals surface area contributed by atoms with Gasteiger partial charge in [0, 0.05) is 29.6 Å². The van der Waals surface area contributed by atoms with Gasteiger partial charge in [-0.1, -0.05) is 0 Å². The van der Waals surface area contributed by atoms with Crippen LogP contribution in [0, 0.1) is 12.7 Å². The number of hydrogen-bond donors (Lipinski definition) is 1. The van der Waals surface area contributed by atoms with E-state index in [9.17, 15) is 4.39 Å². The molecule has 1 saturated heterocycles. The minimum Gasteiger partial charge on any atom is -0.316 e. The Morgan fingerprint density at radius 3 is 3.00 bits per heavy atom. The number of aryl methyl sites for hydroxylation is 1. The Kier molecular flexibility index (Phi) is 2.52. The molecule has 1 N–H and O–H groups in total. The second-order valence-corrected chi connectivity index (χ2v) is 4.52. The van der Waals surface area contributed by atoms with Crippen molar-refractivity contribution in [3.8, 4) is 0 Å². The molecule has 1 atom stereocenters. The van der Waals surface area contributed by atoms with Crippen LogP contribution in [0.15, 0.2) is 18.2 Å². The summed E-state index contributed by atoms with van der Waals surface area (Å²) in [5.74, 6) is 0.957. The summed E-state index contributed by atoms with van der Waals surface area (Å²) in [4.78, 5) is 9.03. The van der Waals surface area contributed by atoms with Gasteiger partial charge in [0.05, 0.1) is 5.52 Å². The third kappa shape index (κ3) is 1.89. The maximum Gasteiger partial charge on any atom is 0.133 e. The van der Waals surface area contributed by atoms with Crippen LogP contribution in [0.2, 0.25) is 0 Å². The standard InChI is InChI=1S/C13H14FN3/c1-8-11-3-2-10(14)6-12(11)17-13(16-8)9-4-5-15-7-9/h2-3,6,9,15H,4-5,7H2,1H3. The molecule has 3 rings (SSSR count). The molecule has 1 aromatic heterocycles. The molecule has 88 valence electrons. The summed E-state index contributed by atoms with van der Waals surface area (Å²) in [6, 6.07) is 4.68. The van der Waals surface area contributed by atoms with E-state index in [2.05, 4.69) is 15.3 Å². The average molecular weight is 231 g/mol. The third-order valence-corrected chi connectivity index (χ3v) is 3.29. The summed E-state index contributed by atoms with van der Waals surface area (Å²) < 4.78 is 13.2. The Morgan fingerprint density at radius 1 is 1.35 bits per heavy atom. The molecule has 1 unspecified atom stereocenters. The van der Waals surface area contributed by atoms with Gasteiger partial charge in [0.2, 0.25) is 0 Å². The summed E-state index contributed by atoms with van der Waals surface area (Å²) in [6.07, 6.45) is 1.06. The Balaban J connectivity index is 2.14. The number of nitrogens with one attached hydrogen (secondary N) is 1. The molecule has 0 spiro atoms. The van der Waals surface area contributed by atoms with Gasteiger partial charge in [-0.05, 0) is 32.0 Å². The van der Waals surface area contributed by atoms with Crippen molar-refractivity contribution in [1.29, 1.82) is 0 Å². The molecule has 1 aromatic carbocycles. The van der Waals surface area contributed by atoms with Crippen molar-refractivity contribution in [1.82, 2.24) is 15.3 Å². The fraction of sp³-hybridized carbons (Fsp3) is 0.385. The van der Waals surface area contributed by atoms with Gasteiger partial charge in [0.25, 0.3) is 0 Å². The number of rotatable bonds is 1. The lowest BCUT2D eigenvalue weighted by Gasteiger charge is -2.09. The molecule has 0 amide bonds. The van der Waals surface area contributed by atoms with Gasteiger partial charge in [-0.15, -0.1) is 0 Å². The van der Waals surface area contributed by atoms with E-state index in [0.29, 0.717) is 11.4 Å². The first-order valence-corrected chi connectivity index (χ1v) is 5.88. The minimum atomic E-state index is -0.244. The second-order valence-electron chi connectivity index (χ2n) is 4.52. The highest BCUT2D eigenvalue weighted by Gasteiger charge is 2.20. The number of aromatic nitrogens is 2. The normalized spacial score (nSPS) is 20.0. The maximum absolute atomic E-state index is 13.2. The largest absolute Gasteiger partial charge is 0.316 e. The molecule has 3 nitrogen and oxygen atoms in total. The molecular weight excluding hydrogens is 217 g/mol. The van der Waals surface area contributed by atoms with E-state index < -0.39 is 0 Å². The van der Waals surface area contributed by atoms with E-state index in [0.717, 1.165) is 36.4 Å². The lowest BCUT2D eigenvalue weighted by molar-refractivity contribution is 0.628. The van der Waals surface area contributed by atoms with Crippen LogP contribution < -0.4 is 5.32 Å². The molecule has 0 radical (unpaired) electrons. The van der Waals surface area contributed by atoms with E-state index in [1.807, 2.05) is 6.92 Å². The third-order valence-electron chi connectivity index (χ3n) is 3.29. The highest BCUT2D eigenvalue weighted by molar-refractivity contribution is 5.80. The quantitative estimate of drug-likeness (QED) is 0.817. The van der Waals surface area contributed by atoms with Crippen LogP contribution in [0.25, 0.3) is 10.9 Å². The van der Waals surface area contributed by atoms with E-state index in [4.69, 9.17) is 0 Å². The first-order chi connectivity index (χ1) is 8.24. The van der Waals surface area contributed by atoms with Gasteiger partial charge in [0.1, 0.15) is 11.6 Å². The van der Waals surface area contributed by atoms with Crippen LogP contribution in [-0.4, -0.2) is 23.1 Å².